The van der Waals surface area contributed by atoms with Crippen LogP contribution in [0.2, 0.25) is 0 Å². The van der Waals surface area contributed by atoms with E-state index in [1.807, 2.05) is 78.9 Å². The summed E-state index contributed by atoms with van der Waals surface area (Å²) in [5.74, 6) is 1.44. The van der Waals surface area contributed by atoms with Crippen molar-refractivity contribution in [3.8, 4) is 11.5 Å². The lowest BCUT2D eigenvalue weighted by Gasteiger charge is -2.37. The van der Waals surface area contributed by atoms with Crippen molar-refractivity contribution in [1.82, 2.24) is 9.97 Å². The normalized spacial score (nSPS) is 18.5. The summed E-state index contributed by atoms with van der Waals surface area (Å²) in [4.78, 5) is 28.9. The SMILES string of the molecule is COc1ccc(C(OC[C@H]2O[C@@H](c3ccc4[nH]c(=O)[nH]c(=O)c4c3)C[C@@H]2O)(c2ccccc2)c2ccc(OC)cc2)cc1. The van der Waals surface area contributed by atoms with Crippen LogP contribution in [-0.2, 0) is 15.1 Å². The number of hydrogen-bond donors (Lipinski definition) is 3. The third-order valence-corrected chi connectivity index (χ3v) is 8.00. The van der Waals surface area contributed by atoms with Crippen molar-refractivity contribution in [2.45, 2.75) is 30.3 Å². The van der Waals surface area contributed by atoms with Crippen LogP contribution in [-0.4, -0.2) is 48.1 Å². The smallest absolute Gasteiger partial charge is 0.326 e. The monoisotopic (exact) mass is 580 g/mol. The number of aromatic nitrogens is 2. The second kappa shape index (κ2) is 11.9. The highest BCUT2D eigenvalue weighted by Gasteiger charge is 2.42. The van der Waals surface area contributed by atoms with Crippen LogP contribution in [0.25, 0.3) is 10.9 Å². The van der Waals surface area contributed by atoms with Gasteiger partial charge in [0.2, 0.25) is 0 Å². The maximum Gasteiger partial charge on any atom is 0.326 e. The van der Waals surface area contributed by atoms with Crippen molar-refractivity contribution in [2.75, 3.05) is 20.8 Å². The Hall–Kier alpha value is -4.70. The number of nitrogens with one attached hydrogen (secondary N) is 2. The summed E-state index contributed by atoms with van der Waals surface area (Å²) in [5.41, 5.74) is 1.71. The van der Waals surface area contributed by atoms with Gasteiger partial charge in [0.25, 0.3) is 5.56 Å². The van der Waals surface area contributed by atoms with Gasteiger partial charge in [-0.3, -0.25) is 9.78 Å². The van der Waals surface area contributed by atoms with Crippen molar-refractivity contribution in [2.24, 2.45) is 0 Å². The third kappa shape index (κ3) is 5.46. The first-order valence-electron chi connectivity index (χ1n) is 14.0. The van der Waals surface area contributed by atoms with Crippen molar-refractivity contribution < 1.29 is 24.1 Å². The molecule has 1 fully saturated rings. The molecular formula is C34H32N2O7. The number of methoxy groups -OCH3 is 2. The van der Waals surface area contributed by atoms with Crippen LogP contribution in [0.1, 0.15) is 34.8 Å². The molecule has 2 heterocycles. The molecule has 0 radical (unpaired) electrons. The summed E-state index contributed by atoms with van der Waals surface area (Å²) in [5, 5.41) is 11.5. The summed E-state index contributed by atoms with van der Waals surface area (Å²) in [6, 6.07) is 30.5. The zero-order valence-corrected chi connectivity index (χ0v) is 23.8. The molecule has 3 N–H and O–H groups in total. The molecule has 0 aliphatic carbocycles. The van der Waals surface area contributed by atoms with Crippen molar-refractivity contribution in [1.29, 1.82) is 0 Å². The van der Waals surface area contributed by atoms with Crippen LogP contribution in [0.5, 0.6) is 11.5 Å². The van der Waals surface area contributed by atoms with Crippen LogP contribution >= 0.6 is 0 Å². The summed E-state index contributed by atoms with van der Waals surface area (Å²) in [6.07, 6.45) is -1.60. The van der Waals surface area contributed by atoms with Crippen LogP contribution in [0.3, 0.4) is 0 Å². The summed E-state index contributed by atoms with van der Waals surface area (Å²) in [7, 11) is 3.25. The number of fused-ring (bicyclic) bond motifs is 1. The molecule has 5 aromatic rings. The Morgan fingerprint density at radius 2 is 1.42 bits per heavy atom. The molecule has 1 aliphatic rings. The molecular weight excluding hydrogens is 548 g/mol. The van der Waals surface area contributed by atoms with Gasteiger partial charge in [-0.15, -0.1) is 0 Å². The van der Waals surface area contributed by atoms with Gasteiger partial charge < -0.3 is 29.0 Å². The number of hydrogen-bond acceptors (Lipinski definition) is 7. The van der Waals surface area contributed by atoms with E-state index in [-0.39, 0.29) is 6.61 Å². The zero-order valence-electron chi connectivity index (χ0n) is 23.8. The molecule has 3 atom stereocenters. The summed E-state index contributed by atoms with van der Waals surface area (Å²) < 4.78 is 24.1. The molecule has 4 aromatic carbocycles. The van der Waals surface area contributed by atoms with E-state index in [0.29, 0.717) is 17.3 Å². The van der Waals surface area contributed by atoms with Gasteiger partial charge in [0, 0.05) is 6.42 Å². The highest BCUT2D eigenvalue weighted by molar-refractivity contribution is 5.78. The van der Waals surface area contributed by atoms with Gasteiger partial charge in [-0.05, 0) is 58.7 Å². The number of benzene rings is 4. The largest absolute Gasteiger partial charge is 0.497 e. The highest BCUT2D eigenvalue weighted by atomic mass is 16.6. The quantitative estimate of drug-likeness (QED) is 0.221. The average molecular weight is 581 g/mol. The Morgan fingerprint density at radius 1 is 0.814 bits per heavy atom. The predicted molar refractivity (Wildman–Crippen MR) is 162 cm³/mol. The Kier molecular flexibility index (Phi) is 7.86. The minimum absolute atomic E-state index is 0.0755. The lowest BCUT2D eigenvalue weighted by Crippen LogP contribution is -2.38. The minimum Gasteiger partial charge on any atom is -0.497 e. The van der Waals surface area contributed by atoms with Gasteiger partial charge in [-0.2, -0.15) is 0 Å². The standard InChI is InChI=1S/C34H32N2O7/c1-40-25-13-9-23(10-14-25)34(22-6-4-3-5-7-22,24-11-15-26(41-2)16-12-24)42-20-31-29(37)19-30(43-31)21-8-17-28-27(18-21)32(38)36-33(39)35-28/h3-18,29-31,37H,19-20H2,1-2H3,(H2,35,36,38,39)/t29-,30+,31+/m0/s1. The summed E-state index contributed by atoms with van der Waals surface area (Å²) in [6.45, 7) is 0.0755. The Bertz CT molecular complexity index is 1770. The fourth-order valence-corrected chi connectivity index (χ4v) is 5.76. The van der Waals surface area contributed by atoms with Crippen molar-refractivity contribution in [3.63, 3.8) is 0 Å². The van der Waals surface area contributed by atoms with Crippen LogP contribution in [0, 0.1) is 0 Å². The van der Waals surface area contributed by atoms with E-state index in [9.17, 15) is 14.7 Å². The number of rotatable bonds is 9. The first-order valence-corrected chi connectivity index (χ1v) is 14.0. The van der Waals surface area contributed by atoms with E-state index < -0.39 is 35.2 Å². The van der Waals surface area contributed by atoms with Gasteiger partial charge >= 0.3 is 5.69 Å². The number of ether oxygens (including phenoxy) is 4. The lowest BCUT2D eigenvalue weighted by atomic mass is 9.80. The molecule has 0 unspecified atom stereocenters. The van der Waals surface area contributed by atoms with Crippen molar-refractivity contribution >= 4 is 10.9 Å². The van der Waals surface area contributed by atoms with Gasteiger partial charge in [-0.25, -0.2) is 4.79 Å². The minimum atomic E-state index is -1.05. The molecule has 9 nitrogen and oxygen atoms in total. The van der Waals surface area contributed by atoms with Gasteiger partial charge in [0.1, 0.15) is 23.2 Å². The van der Waals surface area contributed by atoms with Gasteiger partial charge in [-0.1, -0.05) is 60.7 Å². The predicted octanol–water partition coefficient (Wildman–Crippen LogP) is 4.43. The van der Waals surface area contributed by atoms with Crippen molar-refractivity contribution in [3.05, 3.63) is 140 Å². The Morgan fingerprint density at radius 3 is 2.02 bits per heavy atom. The fourth-order valence-electron chi connectivity index (χ4n) is 5.76. The van der Waals surface area contributed by atoms with Gasteiger partial charge in [0.15, 0.2) is 0 Å². The number of aliphatic hydroxyl groups is 1. The zero-order chi connectivity index (χ0) is 30.0. The Labute approximate surface area is 247 Å². The molecule has 1 aliphatic heterocycles. The second-order valence-corrected chi connectivity index (χ2v) is 10.5. The fraction of sp³-hybridized carbons (Fsp3) is 0.235. The molecule has 0 saturated carbocycles. The topological polar surface area (TPSA) is 123 Å². The van der Waals surface area contributed by atoms with E-state index >= 15 is 0 Å². The molecule has 0 amide bonds. The average Bonchev–Trinajstić information content (AvgIpc) is 3.42. The highest BCUT2D eigenvalue weighted by Crippen LogP contribution is 2.43. The molecule has 1 aromatic heterocycles. The van der Waals surface area contributed by atoms with E-state index in [2.05, 4.69) is 9.97 Å². The molecule has 9 heteroatoms. The van der Waals surface area contributed by atoms with Crippen LogP contribution in [0.4, 0.5) is 0 Å². The van der Waals surface area contributed by atoms with E-state index in [1.165, 1.54) is 0 Å². The summed E-state index contributed by atoms with van der Waals surface area (Å²) >= 11 is 0. The van der Waals surface area contributed by atoms with Crippen LogP contribution < -0.4 is 20.7 Å². The van der Waals surface area contributed by atoms with E-state index in [1.54, 1.807) is 32.4 Å². The molecule has 220 valence electrons. The lowest BCUT2D eigenvalue weighted by molar-refractivity contribution is -0.0827. The molecule has 0 spiro atoms. The van der Waals surface area contributed by atoms with Crippen LogP contribution in [0.15, 0.2) is 107 Å². The number of aliphatic hydroxyl groups excluding tert-OH is 1. The van der Waals surface area contributed by atoms with E-state index in [0.717, 1.165) is 33.8 Å². The van der Waals surface area contributed by atoms with E-state index in [4.69, 9.17) is 18.9 Å². The third-order valence-electron chi connectivity index (χ3n) is 8.00. The second-order valence-electron chi connectivity index (χ2n) is 10.5. The Balaban J connectivity index is 1.35. The first kappa shape index (κ1) is 28.4. The molecule has 43 heavy (non-hydrogen) atoms. The molecule has 1 saturated heterocycles. The maximum absolute atomic E-state index is 12.4. The number of H-pyrrole nitrogens is 2. The first-order chi connectivity index (χ1) is 20.9. The molecule has 6 rings (SSSR count). The molecule has 0 bridgehead atoms. The maximum atomic E-state index is 12.4. The number of aromatic amines is 2. The van der Waals surface area contributed by atoms with Gasteiger partial charge in [0.05, 0.1) is 43.9 Å².